The van der Waals surface area contributed by atoms with Crippen LogP contribution in [0.3, 0.4) is 0 Å². The summed E-state index contributed by atoms with van der Waals surface area (Å²) in [6.45, 7) is 8.85. The Bertz CT molecular complexity index is 12.0. The summed E-state index contributed by atoms with van der Waals surface area (Å²) < 4.78 is 0. The zero-order valence-corrected chi connectivity index (χ0v) is 4.11. The molecule has 0 aliphatic heterocycles. The Morgan fingerprint density at radius 2 is 2.00 bits per heavy atom. The smallest absolute Gasteiger partial charge is 0.0849 e. The number of hydrogen-bond acceptors (Lipinski definition) is 0. The zero-order valence-electron chi connectivity index (χ0n) is 4.11. The van der Waals surface area contributed by atoms with Gasteiger partial charge in [0.25, 0.3) is 0 Å². The van der Waals surface area contributed by atoms with Gasteiger partial charge in [0.1, 0.15) is 0 Å². The fourth-order valence-corrected chi connectivity index (χ4v) is 0.321. The van der Waals surface area contributed by atoms with E-state index in [9.17, 15) is 0 Å². The van der Waals surface area contributed by atoms with Gasteiger partial charge in [-0.15, -0.1) is 0 Å². The lowest BCUT2D eigenvalue weighted by molar-refractivity contribution is 0.759. The average molecular weight is 83.2 g/mol. The van der Waals surface area contributed by atoms with E-state index in [-0.39, 0.29) is 0 Å². The second-order valence-electron chi connectivity index (χ2n) is 1.35. The van der Waals surface area contributed by atoms with E-state index >= 15 is 0 Å². The molecule has 0 unspecified atom stereocenters. The Morgan fingerprint density at radius 1 is 1.33 bits per heavy atom. The first-order valence-electron chi connectivity index (χ1n) is 2.41. The largest absolute Gasteiger partial charge is 0.495 e. The van der Waals surface area contributed by atoms with E-state index in [4.69, 9.17) is 6.92 Å². The SMILES string of the molecule is [CH-]CCCC[CH2+]. The van der Waals surface area contributed by atoms with E-state index in [1.165, 1.54) is 6.42 Å². The van der Waals surface area contributed by atoms with Crippen molar-refractivity contribution in [3.05, 3.63) is 13.8 Å². The van der Waals surface area contributed by atoms with Gasteiger partial charge in [0.15, 0.2) is 0 Å². The van der Waals surface area contributed by atoms with Gasteiger partial charge in [-0.2, -0.15) is 0 Å². The maximum absolute atomic E-state index is 5.19. The summed E-state index contributed by atoms with van der Waals surface area (Å²) in [4.78, 5) is 0. The number of hydrogen-bond donors (Lipinski definition) is 0. The van der Waals surface area contributed by atoms with Crippen LogP contribution in [0.25, 0.3) is 0 Å². The van der Waals surface area contributed by atoms with Crippen molar-refractivity contribution in [3.8, 4) is 0 Å². The first-order chi connectivity index (χ1) is 2.91. The van der Waals surface area contributed by atoms with Gasteiger partial charge in [-0.05, 0) is 6.42 Å². The van der Waals surface area contributed by atoms with Gasteiger partial charge < -0.3 is 6.92 Å². The summed E-state index contributed by atoms with van der Waals surface area (Å²) in [5.74, 6) is 0. The second kappa shape index (κ2) is 4.87. The van der Waals surface area contributed by atoms with Crippen molar-refractivity contribution in [2.45, 2.75) is 25.7 Å². The fourth-order valence-electron chi connectivity index (χ4n) is 0.321. The van der Waals surface area contributed by atoms with Crippen LogP contribution in [0.15, 0.2) is 0 Å². The molecule has 0 spiro atoms. The third-order valence-corrected chi connectivity index (χ3v) is 0.704. The van der Waals surface area contributed by atoms with E-state index in [1.807, 2.05) is 0 Å². The van der Waals surface area contributed by atoms with Crippen LogP contribution in [-0.2, 0) is 0 Å². The molecule has 0 atom stereocenters. The predicted molar refractivity (Wildman–Crippen MR) is 28.1 cm³/mol. The molecule has 0 heteroatoms. The molecule has 0 amide bonds. The maximum Gasteiger partial charge on any atom is 0.0849 e. The second-order valence-corrected chi connectivity index (χ2v) is 1.35. The van der Waals surface area contributed by atoms with Crippen molar-refractivity contribution >= 4 is 0 Å². The lowest BCUT2D eigenvalue weighted by atomic mass is 10.2. The van der Waals surface area contributed by atoms with Crippen LogP contribution in [0.2, 0.25) is 0 Å². The van der Waals surface area contributed by atoms with Gasteiger partial charge in [0.05, 0.1) is 13.3 Å². The van der Waals surface area contributed by atoms with Crippen LogP contribution in [0.4, 0.5) is 0 Å². The van der Waals surface area contributed by atoms with Gasteiger partial charge >= 0.3 is 0 Å². The highest BCUT2D eigenvalue weighted by atomic mass is 13.8. The van der Waals surface area contributed by atoms with Crippen LogP contribution < -0.4 is 0 Å². The lowest BCUT2D eigenvalue weighted by Crippen LogP contribution is -1.66. The molecule has 35 valence electrons. The van der Waals surface area contributed by atoms with Crippen molar-refractivity contribution in [1.82, 2.24) is 0 Å². The summed E-state index contributed by atoms with van der Waals surface area (Å²) in [5, 5.41) is 0. The van der Waals surface area contributed by atoms with Crippen LogP contribution >= 0.6 is 0 Å². The van der Waals surface area contributed by atoms with E-state index in [0.29, 0.717) is 0 Å². The number of rotatable bonds is 3. The van der Waals surface area contributed by atoms with Crippen molar-refractivity contribution in [1.29, 1.82) is 0 Å². The maximum atomic E-state index is 5.19. The Labute approximate surface area is 40.6 Å². The Balaban J connectivity index is 2.34. The van der Waals surface area contributed by atoms with Crippen LogP contribution in [-0.4, -0.2) is 0 Å². The molecule has 0 aromatic heterocycles. The molecule has 1 radical (unpaired) electrons. The molecule has 0 aliphatic carbocycles. The highest BCUT2D eigenvalue weighted by Gasteiger charge is 1.76. The van der Waals surface area contributed by atoms with Gasteiger partial charge in [-0.1, -0.05) is 6.42 Å². The zero-order chi connectivity index (χ0) is 4.83. The Hall–Kier alpha value is -0.130. The predicted octanol–water partition coefficient (Wildman–Crippen LogP) is 2.09. The summed E-state index contributed by atoms with van der Waals surface area (Å²) >= 11 is 0. The summed E-state index contributed by atoms with van der Waals surface area (Å²) in [6, 6.07) is 0. The molecule has 0 aromatic carbocycles. The molecule has 0 N–H and O–H groups in total. The van der Waals surface area contributed by atoms with E-state index in [0.717, 1.165) is 19.3 Å². The minimum Gasteiger partial charge on any atom is -0.495 e. The molecule has 0 fully saturated rings. The molecule has 0 heterocycles. The van der Waals surface area contributed by atoms with Gasteiger partial charge in [-0.3, -0.25) is 0 Å². The van der Waals surface area contributed by atoms with Crippen molar-refractivity contribution in [2.75, 3.05) is 0 Å². The molecular weight excluding hydrogens is 72.1 g/mol. The first-order valence-corrected chi connectivity index (χ1v) is 2.41. The first kappa shape index (κ1) is 5.87. The molecule has 0 bridgehead atoms. The molecule has 0 rings (SSSR count). The minimum atomic E-state index is 0.815. The summed E-state index contributed by atoms with van der Waals surface area (Å²) in [5.41, 5.74) is 0. The van der Waals surface area contributed by atoms with E-state index in [1.54, 1.807) is 0 Å². The van der Waals surface area contributed by atoms with Crippen molar-refractivity contribution in [3.63, 3.8) is 0 Å². The standard InChI is InChI=1S/C6H11/c1-3-5-6-4-2/h1H,2-6H2. The van der Waals surface area contributed by atoms with Crippen molar-refractivity contribution in [2.24, 2.45) is 0 Å². The molecule has 0 saturated carbocycles. The fraction of sp³-hybridized carbons (Fsp3) is 0.667. The Kier molecular flexibility index (Phi) is 4.76. The van der Waals surface area contributed by atoms with E-state index < -0.39 is 0 Å². The third kappa shape index (κ3) is 3.87. The van der Waals surface area contributed by atoms with Crippen LogP contribution in [0.5, 0.6) is 0 Å². The van der Waals surface area contributed by atoms with Gasteiger partial charge in [0, 0.05) is 0 Å². The monoisotopic (exact) mass is 83.1 g/mol. The third-order valence-electron chi connectivity index (χ3n) is 0.704. The van der Waals surface area contributed by atoms with Gasteiger partial charge in [-0.25, -0.2) is 6.42 Å². The van der Waals surface area contributed by atoms with Crippen LogP contribution in [0.1, 0.15) is 25.7 Å². The Morgan fingerprint density at radius 3 is 2.17 bits per heavy atom. The highest BCUT2D eigenvalue weighted by molar-refractivity contribution is 4.43. The molecule has 6 heavy (non-hydrogen) atoms. The molecule has 0 nitrogen and oxygen atoms in total. The van der Waals surface area contributed by atoms with Gasteiger partial charge in [0.2, 0.25) is 0 Å². The topological polar surface area (TPSA) is 0 Å². The highest BCUT2D eigenvalue weighted by Crippen LogP contribution is 1.94. The summed E-state index contributed by atoms with van der Waals surface area (Å²) in [6.07, 6.45) is 4.15. The molecule has 0 saturated heterocycles. The number of unbranched alkanes of at least 4 members (excludes halogenated alkanes) is 3. The van der Waals surface area contributed by atoms with Crippen LogP contribution in [0, 0.1) is 13.8 Å². The minimum absolute atomic E-state index is 0.815. The lowest BCUT2D eigenvalue weighted by Gasteiger charge is -1.91. The average Bonchev–Trinajstić information content (AvgIpc) is 1.61. The molecule has 0 aliphatic rings. The normalized spacial score (nSPS) is 8.83. The quantitative estimate of drug-likeness (QED) is 0.362. The van der Waals surface area contributed by atoms with Crippen molar-refractivity contribution < 1.29 is 0 Å². The van der Waals surface area contributed by atoms with E-state index in [2.05, 4.69) is 6.92 Å². The molecule has 0 aromatic rings. The summed E-state index contributed by atoms with van der Waals surface area (Å²) in [7, 11) is 0. The molecular formula is C6H11.